The SMILES string of the molecule is CC(C)C[C@H](NC(=O)c1cc2ccocc-2c1)C(=O)NC1=COCOCC1=O. The van der Waals surface area contributed by atoms with Crippen molar-refractivity contribution in [3.63, 3.8) is 0 Å². The molecule has 148 valence electrons. The predicted molar refractivity (Wildman–Crippen MR) is 99.2 cm³/mol. The van der Waals surface area contributed by atoms with Gasteiger partial charge in [-0.15, -0.1) is 0 Å². The van der Waals surface area contributed by atoms with Crippen LogP contribution in [0.1, 0.15) is 30.6 Å². The van der Waals surface area contributed by atoms with Crippen molar-refractivity contribution < 1.29 is 28.3 Å². The van der Waals surface area contributed by atoms with E-state index < -0.39 is 17.7 Å². The number of fused-ring (bicyclic) bond motifs is 1. The van der Waals surface area contributed by atoms with E-state index in [0.717, 1.165) is 17.4 Å². The summed E-state index contributed by atoms with van der Waals surface area (Å²) in [5.41, 5.74) is 2.10. The normalized spacial score (nSPS) is 15.5. The van der Waals surface area contributed by atoms with Crippen LogP contribution in [0, 0.1) is 5.92 Å². The van der Waals surface area contributed by atoms with Crippen molar-refractivity contribution in [3.05, 3.63) is 48.2 Å². The molecule has 0 radical (unpaired) electrons. The number of carbonyl (C=O) groups is 3. The summed E-state index contributed by atoms with van der Waals surface area (Å²) >= 11 is 0. The average Bonchev–Trinajstić information content (AvgIpc) is 3.00. The minimum absolute atomic E-state index is 0.00571. The van der Waals surface area contributed by atoms with Crippen LogP contribution in [0.5, 0.6) is 0 Å². The molecule has 0 aromatic carbocycles. The van der Waals surface area contributed by atoms with E-state index in [9.17, 15) is 14.4 Å². The molecule has 8 heteroatoms. The smallest absolute Gasteiger partial charge is 0.251 e. The number of ether oxygens (including phenoxy) is 2. The van der Waals surface area contributed by atoms with Crippen LogP contribution >= 0.6 is 0 Å². The summed E-state index contributed by atoms with van der Waals surface area (Å²) in [6, 6.07) is 4.37. The zero-order valence-electron chi connectivity index (χ0n) is 15.7. The number of ketones is 1. The molecule has 0 spiro atoms. The number of carbonyl (C=O) groups excluding carboxylic acids is 3. The minimum Gasteiger partial charge on any atom is -0.473 e. The Labute approximate surface area is 162 Å². The molecule has 1 atom stereocenters. The predicted octanol–water partition coefficient (Wildman–Crippen LogP) is 2.06. The van der Waals surface area contributed by atoms with Crippen LogP contribution in [0.4, 0.5) is 0 Å². The first-order chi connectivity index (χ1) is 13.4. The zero-order chi connectivity index (χ0) is 20.1. The molecule has 2 heterocycles. The Bertz CT molecular complexity index is 839. The fraction of sp³-hybridized carbons (Fsp3) is 0.350. The highest BCUT2D eigenvalue weighted by atomic mass is 16.7. The fourth-order valence-electron chi connectivity index (χ4n) is 2.85. The van der Waals surface area contributed by atoms with Gasteiger partial charge >= 0.3 is 0 Å². The summed E-state index contributed by atoms with van der Waals surface area (Å²) in [7, 11) is 0. The van der Waals surface area contributed by atoms with Gasteiger partial charge in [0.2, 0.25) is 11.7 Å². The van der Waals surface area contributed by atoms with Crippen molar-refractivity contribution in [2.24, 2.45) is 5.92 Å². The second kappa shape index (κ2) is 8.71. The maximum atomic E-state index is 12.7. The van der Waals surface area contributed by atoms with Gasteiger partial charge in [0.25, 0.3) is 5.91 Å². The van der Waals surface area contributed by atoms with Crippen LogP contribution in [0.2, 0.25) is 0 Å². The van der Waals surface area contributed by atoms with Crippen LogP contribution < -0.4 is 10.6 Å². The Balaban J connectivity index is 1.73. The lowest BCUT2D eigenvalue weighted by Crippen LogP contribution is -2.48. The Hall–Kier alpha value is -3.13. The average molecular weight is 386 g/mol. The lowest BCUT2D eigenvalue weighted by Gasteiger charge is -2.20. The van der Waals surface area contributed by atoms with Crippen LogP contribution in [-0.2, 0) is 19.1 Å². The molecule has 3 rings (SSSR count). The second-order valence-corrected chi connectivity index (χ2v) is 6.94. The van der Waals surface area contributed by atoms with Gasteiger partial charge in [0.05, 0.1) is 12.5 Å². The molecule has 1 aliphatic carbocycles. The van der Waals surface area contributed by atoms with E-state index in [1.54, 1.807) is 24.5 Å². The first kappa shape index (κ1) is 19.6. The van der Waals surface area contributed by atoms with Crippen molar-refractivity contribution >= 4 is 17.6 Å². The molecular weight excluding hydrogens is 364 g/mol. The highest BCUT2D eigenvalue weighted by molar-refractivity contribution is 6.03. The number of hydrogen-bond acceptors (Lipinski definition) is 6. The van der Waals surface area contributed by atoms with E-state index in [2.05, 4.69) is 10.6 Å². The summed E-state index contributed by atoms with van der Waals surface area (Å²) in [4.78, 5) is 37.3. The van der Waals surface area contributed by atoms with Gasteiger partial charge in [-0.2, -0.15) is 0 Å². The molecule has 2 aliphatic heterocycles. The van der Waals surface area contributed by atoms with Crippen molar-refractivity contribution in [1.82, 2.24) is 10.6 Å². The number of hydrogen-bond donors (Lipinski definition) is 2. The summed E-state index contributed by atoms with van der Waals surface area (Å²) in [6.07, 6.45) is 4.65. The number of nitrogens with one attached hydrogen (secondary N) is 2. The van der Waals surface area contributed by atoms with E-state index in [1.807, 2.05) is 13.8 Å². The number of Topliss-reactive ketones (excluding diaryl/α,β-unsaturated/α-hetero) is 1. The third kappa shape index (κ3) is 4.77. The third-order valence-corrected chi connectivity index (χ3v) is 4.21. The van der Waals surface area contributed by atoms with E-state index >= 15 is 0 Å². The number of rotatable bonds is 6. The molecule has 0 saturated carbocycles. The maximum absolute atomic E-state index is 12.7. The molecular formula is C20H22N2O6. The van der Waals surface area contributed by atoms with Gasteiger partial charge in [-0.25, -0.2) is 0 Å². The van der Waals surface area contributed by atoms with Gasteiger partial charge < -0.3 is 24.5 Å². The minimum atomic E-state index is -0.812. The van der Waals surface area contributed by atoms with E-state index in [1.165, 1.54) is 6.26 Å². The summed E-state index contributed by atoms with van der Waals surface area (Å²) in [6.45, 7) is 3.64. The van der Waals surface area contributed by atoms with Crippen molar-refractivity contribution in [2.45, 2.75) is 26.3 Å². The van der Waals surface area contributed by atoms with Crippen molar-refractivity contribution in [1.29, 1.82) is 0 Å². The second-order valence-electron chi connectivity index (χ2n) is 6.94. The fourth-order valence-corrected chi connectivity index (χ4v) is 2.85. The van der Waals surface area contributed by atoms with Crippen LogP contribution in [-0.4, -0.2) is 37.0 Å². The summed E-state index contributed by atoms with van der Waals surface area (Å²) in [5.74, 6) is -1.12. The molecule has 0 fully saturated rings. The number of amides is 2. The summed E-state index contributed by atoms with van der Waals surface area (Å²) < 4.78 is 15.1. The standard InChI is InChI=1S/C20H22N2O6/c1-12(2)5-16(20(25)22-17-9-27-11-28-10-18(17)23)21-19(24)14-6-13-3-4-26-8-15(13)7-14/h3-4,6-9,12,16H,5,10-11H2,1-2H3,(H,21,24)(H,22,25)/t16-/m0/s1. The molecule has 8 nitrogen and oxygen atoms in total. The Morgan fingerprint density at radius 3 is 2.75 bits per heavy atom. The Morgan fingerprint density at radius 2 is 2.00 bits per heavy atom. The molecule has 0 saturated heterocycles. The molecule has 3 aliphatic rings. The van der Waals surface area contributed by atoms with Crippen LogP contribution in [0.25, 0.3) is 11.1 Å². The van der Waals surface area contributed by atoms with E-state index in [0.29, 0.717) is 12.0 Å². The third-order valence-electron chi connectivity index (χ3n) is 4.21. The van der Waals surface area contributed by atoms with Gasteiger partial charge in [-0.1, -0.05) is 13.8 Å². The van der Waals surface area contributed by atoms with E-state index in [-0.39, 0.29) is 30.9 Å². The quantitative estimate of drug-likeness (QED) is 0.787. The van der Waals surface area contributed by atoms with Crippen LogP contribution in [0.3, 0.4) is 0 Å². The van der Waals surface area contributed by atoms with Gasteiger partial charge in [-0.3, -0.25) is 14.4 Å². The highest BCUT2D eigenvalue weighted by Crippen LogP contribution is 2.25. The van der Waals surface area contributed by atoms with Gasteiger partial charge in [-0.05, 0) is 36.1 Å². The molecule has 0 unspecified atom stereocenters. The van der Waals surface area contributed by atoms with Crippen molar-refractivity contribution in [3.8, 4) is 11.1 Å². The molecule has 0 aromatic rings. The van der Waals surface area contributed by atoms with Gasteiger partial charge in [0.15, 0.2) is 6.79 Å². The first-order valence-electron chi connectivity index (χ1n) is 8.94. The Kier molecular flexibility index (Phi) is 6.10. The topological polar surface area (TPSA) is 107 Å². The monoisotopic (exact) mass is 386 g/mol. The largest absolute Gasteiger partial charge is 0.473 e. The highest BCUT2D eigenvalue weighted by Gasteiger charge is 2.26. The van der Waals surface area contributed by atoms with E-state index in [4.69, 9.17) is 13.9 Å². The maximum Gasteiger partial charge on any atom is 0.251 e. The molecule has 28 heavy (non-hydrogen) atoms. The van der Waals surface area contributed by atoms with Gasteiger partial charge in [0, 0.05) is 11.1 Å². The van der Waals surface area contributed by atoms with Crippen molar-refractivity contribution in [2.75, 3.05) is 13.4 Å². The molecule has 0 bridgehead atoms. The lowest BCUT2D eigenvalue weighted by atomic mass is 10.0. The molecule has 0 aromatic heterocycles. The Morgan fingerprint density at radius 1 is 1.21 bits per heavy atom. The van der Waals surface area contributed by atoms with Gasteiger partial charge in [0.1, 0.15) is 24.6 Å². The zero-order valence-corrected chi connectivity index (χ0v) is 15.7. The molecule has 2 amide bonds. The van der Waals surface area contributed by atoms with Crippen LogP contribution in [0.15, 0.2) is 47.1 Å². The first-order valence-corrected chi connectivity index (χ1v) is 8.94. The lowest BCUT2D eigenvalue weighted by molar-refractivity contribution is -0.126. The molecule has 2 N–H and O–H groups in total. The summed E-state index contributed by atoms with van der Waals surface area (Å²) in [5, 5.41) is 5.29.